The predicted molar refractivity (Wildman–Crippen MR) is 160 cm³/mol. The zero-order valence-corrected chi connectivity index (χ0v) is 24.5. The second kappa shape index (κ2) is 14.0. The van der Waals surface area contributed by atoms with E-state index in [1.54, 1.807) is 0 Å². The number of hydrogen-bond donors (Lipinski definition) is 3. The van der Waals surface area contributed by atoms with Gasteiger partial charge in [0.2, 0.25) is 0 Å². The average Bonchev–Trinajstić information content (AvgIpc) is 3.63. The molecule has 2 aromatic carbocycles. The lowest BCUT2D eigenvalue weighted by molar-refractivity contribution is -0.385. The number of fused-ring (bicyclic) bond motifs is 1. The van der Waals surface area contributed by atoms with Gasteiger partial charge in [-0.05, 0) is 11.1 Å². The zero-order valence-electron chi connectivity index (χ0n) is 24.5. The first-order chi connectivity index (χ1) is 22.5. The van der Waals surface area contributed by atoms with Gasteiger partial charge in [0.25, 0.3) is 17.0 Å². The molecule has 0 aliphatic carbocycles. The highest BCUT2D eigenvalue weighted by molar-refractivity contribution is 6.51. The van der Waals surface area contributed by atoms with E-state index in [4.69, 9.17) is 24.7 Å². The van der Waals surface area contributed by atoms with Crippen molar-refractivity contribution < 1.29 is 48.6 Å². The van der Waals surface area contributed by atoms with Gasteiger partial charge in [0.1, 0.15) is 30.9 Å². The van der Waals surface area contributed by atoms with Crippen molar-refractivity contribution >= 4 is 41.4 Å². The minimum absolute atomic E-state index is 0.0331. The number of aliphatic imine (C=N–C) groups is 3. The van der Waals surface area contributed by atoms with Crippen LogP contribution in [-0.4, -0.2) is 112 Å². The Kier molecular flexibility index (Phi) is 9.80. The quantitative estimate of drug-likeness (QED) is 0.157. The Balaban J connectivity index is 1.19. The Hall–Kier alpha value is -5.37. The summed E-state index contributed by atoms with van der Waals surface area (Å²) in [7, 11) is 0. The monoisotopic (exact) mass is 655 g/mol. The standard InChI is InChI=1S/C28H29N7O12/c29-28(26(38)44-11-9-16-1-5-18(6-2-16)34(40)41)23-24(30-14-32-28)33(15-31-23)25-22(21(37)20(13-36)46-25)47-27(39)45-12-10-17-3-7-19(8-4-17)35(42)43/h1-8,14,20-22,25,36-37H,9-13,15,29H2/t20-,21-,22-,25-,28?/m1/s1. The summed E-state index contributed by atoms with van der Waals surface area (Å²) < 4.78 is 21.7. The molecule has 1 fully saturated rings. The van der Waals surface area contributed by atoms with E-state index < -0.39 is 58.8 Å². The lowest BCUT2D eigenvalue weighted by Gasteiger charge is -2.32. The molecule has 4 N–H and O–H groups in total. The number of carbonyl (C=O) groups is 2. The van der Waals surface area contributed by atoms with Crippen molar-refractivity contribution in [3.63, 3.8) is 0 Å². The van der Waals surface area contributed by atoms with Gasteiger partial charge in [-0.2, -0.15) is 0 Å². The SMILES string of the molecule is NC1(C(=O)OCCc2ccc([N+](=O)[O-])cc2)N=CN=C2C1=NCN2[C@@H]1O[C@H](CO)[C@@H](O)[C@H]1OC(=O)OCCc1ccc([N+](=O)[O-])cc1. The molecule has 3 heterocycles. The fraction of sp³-hybridized carbons (Fsp3) is 0.393. The lowest BCUT2D eigenvalue weighted by Crippen LogP contribution is -2.60. The van der Waals surface area contributed by atoms with E-state index in [0.717, 1.165) is 6.34 Å². The van der Waals surface area contributed by atoms with Crippen molar-refractivity contribution in [1.29, 1.82) is 0 Å². The first-order valence-corrected chi connectivity index (χ1v) is 14.2. The van der Waals surface area contributed by atoms with Crippen LogP contribution in [0.3, 0.4) is 0 Å². The normalized spacial score (nSPS) is 24.6. The number of nitrogens with two attached hydrogens (primary N) is 1. The van der Waals surface area contributed by atoms with Gasteiger partial charge >= 0.3 is 12.1 Å². The number of amidine groups is 1. The van der Waals surface area contributed by atoms with E-state index in [2.05, 4.69) is 15.0 Å². The van der Waals surface area contributed by atoms with Crippen LogP contribution in [0.2, 0.25) is 0 Å². The van der Waals surface area contributed by atoms with Crippen molar-refractivity contribution in [2.24, 2.45) is 20.7 Å². The summed E-state index contributed by atoms with van der Waals surface area (Å²) in [5.41, 5.74) is 5.37. The van der Waals surface area contributed by atoms with Crippen LogP contribution in [0.25, 0.3) is 0 Å². The average molecular weight is 656 g/mol. The first-order valence-electron chi connectivity index (χ1n) is 14.2. The molecule has 0 bridgehead atoms. The minimum atomic E-state index is -2.10. The maximum atomic E-state index is 13.1. The molecule has 47 heavy (non-hydrogen) atoms. The molecule has 248 valence electrons. The van der Waals surface area contributed by atoms with Crippen molar-refractivity contribution in [2.45, 2.75) is 43.0 Å². The molecule has 0 aromatic heterocycles. The van der Waals surface area contributed by atoms with E-state index in [0.29, 0.717) is 11.1 Å². The van der Waals surface area contributed by atoms with Gasteiger partial charge in [0, 0.05) is 37.1 Å². The fourth-order valence-electron chi connectivity index (χ4n) is 5.02. The van der Waals surface area contributed by atoms with Crippen LogP contribution in [0, 0.1) is 20.2 Å². The van der Waals surface area contributed by atoms with Gasteiger partial charge in [0.05, 0.1) is 29.7 Å². The molecule has 3 aliphatic heterocycles. The summed E-state index contributed by atoms with van der Waals surface area (Å²) in [6, 6.07) is 11.4. The lowest BCUT2D eigenvalue weighted by atomic mass is 10.0. The third kappa shape index (κ3) is 7.07. The number of esters is 1. The molecular formula is C28H29N7O12. The number of ether oxygens (including phenoxy) is 4. The Morgan fingerprint density at radius 2 is 1.57 bits per heavy atom. The highest BCUT2D eigenvalue weighted by Crippen LogP contribution is 2.31. The highest BCUT2D eigenvalue weighted by Gasteiger charge is 2.55. The summed E-state index contributed by atoms with van der Waals surface area (Å²) in [5, 5.41) is 42.2. The van der Waals surface area contributed by atoms with E-state index in [1.807, 2.05) is 0 Å². The Morgan fingerprint density at radius 3 is 2.13 bits per heavy atom. The number of hydrogen-bond acceptors (Lipinski definition) is 17. The minimum Gasteiger partial charge on any atom is -0.462 e. The molecule has 0 amide bonds. The summed E-state index contributed by atoms with van der Waals surface area (Å²) in [5.74, 6) is -0.917. The van der Waals surface area contributed by atoms with Crippen LogP contribution in [0.1, 0.15) is 11.1 Å². The van der Waals surface area contributed by atoms with Gasteiger partial charge < -0.3 is 34.1 Å². The van der Waals surface area contributed by atoms with E-state index in [9.17, 15) is 40.0 Å². The van der Waals surface area contributed by atoms with E-state index in [1.165, 1.54) is 53.4 Å². The maximum Gasteiger partial charge on any atom is 0.508 e. The molecule has 0 radical (unpaired) electrons. The number of carbonyl (C=O) groups excluding carboxylic acids is 2. The van der Waals surface area contributed by atoms with Crippen LogP contribution < -0.4 is 5.73 Å². The zero-order chi connectivity index (χ0) is 33.7. The topological polar surface area (TPSA) is 264 Å². The second-order valence-corrected chi connectivity index (χ2v) is 10.5. The Morgan fingerprint density at radius 1 is 1.00 bits per heavy atom. The predicted octanol–water partition coefficient (Wildman–Crippen LogP) is 0.241. The number of nitro benzene ring substituents is 2. The van der Waals surface area contributed by atoms with E-state index >= 15 is 0 Å². The van der Waals surface area contributed by atoms with Crippen LogP contribution in [0.15, 0.2) is 63.5 Å². The first kappa shape index (κ1) is 33.0. The number of rotatable bonds is 12. The van der Waals surface area contributed by atoms with Crippen LogP contribution in [0.4, 0.5) is 16.2 Å². The number of benzene rings is 2. The Bertz CT molecular complexity index is 1610. The van der Waals surface area contributed by atoms with Gasteiger partial charge in [-0.3, -0.25) is 31.0 Å². The molecule has 3 aliphatic rings. The second-order valence-electron chi connectivity index (χ2n) is 10.5. The molecule has 19 heteroatoms. The third-order valence-electron chi connectivity index (χ3n) is 7.54. The van der Waals surface area contributed by atoms with Crippen molar-refractivity contribution in [2.75, 3.05) is 26.5 Å². The summed E-state index contributed by atoms with van der Waals surface area (Å²) in [6.45, 7) is -1.08. The molecule has 0 spiro atoms. The number of non-ortho nitro benzene ring substituents is 2. The van der Waals surface area contributed by atoms with Gasteiger partial charge in [-0.1, -0.05) is 24.3 Å². The molecule has 1 saturated heterocycles. The highest BCUT2D eigenvalue weighted by atomic mass is 16.7. The summed E-state index contributed by atoms with van der Waals surface area (Å²) in [6.07, 6.45) is -4.94. The maximum absolute atomic E-state index is 13.1. The molecule has 2 aromatic rings. The smallest absolute Gasteiger partial charge is 0.462 e. The molecular weight excluding hydrogens is 626 g/mol. The fourth-order valence-corrected chi connectivity index (χ4v) is 5.02. The Labute approximate surface area is 265 Å². The van der Waals surface area contributed by atoms with Crippen molar-refractivity contribution in [3.05, 3.63) is 79.9 Å². The van der Waals surface area contributed by atoms with Crippen molar-refractivity contribution in [3.8, 4) is 0 Å². The van der Waals surface area contributed by atoms with E-state index in [-0.39, 0.29) is 55.6 Å². The van der Waals surface area contributed by atoms with Crippen LogP contribution in [0.5, 0.6) is 0 Å². The third-order valence-corrected chi connectivity index (χ3v) is 7.54. The number of nitrogens with zero attached hydrogens (tertiary/aromatic N) is 6. The molecule has 5 atom stereocenters. The van der Waals surface area contributed by atoms with Gasteiger partial charge in [-0.15, -0.1) is 0 Å². The largest absolute Gasteiger partial charge is 0.508 e. The van der Waals surface area contributed by atoms with Crippen LogP contribution in [-0.2, 0) is 36.6 Å². The van der Waals surface area contributed by atoms with Crippen molar-refractivity contribution in [1.82, 2.24) is 4.90 Å². The molecule has 1 unspecified atom stereocenters. The summed E-state index contributed by atoms with van der Waals surface area (Å²) in [4.78, 5) is 60.2. The van der Waals surface area contributed by atoms with Crippen LogP contribution >= 0.6 is 0 Å². The number of nitro groups is 2. The summed E-state index contributed by atoms with van der Waals surface area (Å²) >= 11 is 0. The number of aliphatic hydroxyl groups excluding tert-OH is 2. The van der Waals surface area contributed by atoms with Gasteiger partial charge in [-0.25, -0.2) is 19.6 Å². The number of aliphatic hydroxyl groups is 2. The molecule has 0 saturated carbocycles. The molecule has 5 rings (SSSR count). The van der Waals surface area contributed by atoms with Gasteiger partial charge in [0.15, 0.2) is 18.2 Å². The molecule has 19 nitrogen and oxygen atoms in total.